The molecule has 0 unspecified atom stereocenters. The largest absolute Gasteiger partial charge is 0.406 e. The third-order valence-electron chi connectivity index (χ3n) is 2.01. The maximum atomic E-state index is 12.3. The molecule has 2 nitrogen and oxygen atoms in total. The Bertz CT molecular complexity index is 353. The predicted molar refractivity (Wildman–Crippen MR) is 64.5 cm³/mol. The highest BCUT2D eigenvalue weighted by Crippen LogP contribution is 2.17. The van der Waals surface area contributed by atoms with Gasteiger partial charge in [0.05, 0.1) is 6.42 Å². The number of amides is 1. The number of alkyl halides is 4. The van der Waals surface area contributed by atoms with Crippen molar-refractivity contribution >= 4 is 33.2 Å². The number of rotatable bonds is 5. The van der Waals surface area contributed by atoms with E-state index in [1.54, 1.807) is 16.8 Å². The summed E-state index contributed by atoms with van der Waals surface area (Å²) in [6, 6.07) is 1.74. The summed E-state index contributed by atoms with van der Waals surface area (Å²) < 4.78 is 36.8. The molecule has 0 bridgehead atoms. The van der Waals surface area contributed by atoms with Crippen LogP contribution < -0.4 is 0 Å². The number of hydrogen-bond acceptors (Lipinski definition) is 2. The molecule has 17 heavy (non-hydrogen) atoms. The first-order valence-corrected chi connectivity index (χ1v) is 6.90. The van der Waals surface area contributed by atoms with Gasteiger partial charge in [0, 0.05) is 11.9 Å². The number of carbonyl (C=O) groups excluding carboxylic acids is 1. The molecule has 0 aliphatic carbocycles. The summed E-state index contributed by atoms with van der Waals surface area (Å²) in [4.78, 5) is 12.5. The molecular formula is C10H11BrF3NOS. The second kappa shape index (κ2) is 6.39. The van der Waals surface area contributed by atoms with Gasteiger partial charge >= 0.3 is 6.18 Å². The van der Waals surface area contributed by atoms with E-state index in [1.807, 2.05) is 0 Å². The molecule has 0 radical (unpaired) electrons. The summed E-state index contributed by atoms with van der Waals surface area (Å²) in [5.74, 6) is -0.500. The highest BCUT2D eigenvalue weighted by atomic mass is 79.9. The Balaban J connectivity index is 2.60. The SMILES string of the molecule is O=C(Cc1ccsc1)N(CCBr)CC(F)(F)F. The van der Waals surface area contributed by atoms with Gasteiger partial charge in [-0.2, -0.15) is 24.5 Å². The molecule has 1 amide bonds. The standard InChI is InChI=1S/C10H11BrF3NOS/c11-2-3-15(7-10(12,13)14)9(16)5-8-1-4-17-6-8/h1,4,6H,2-3,5,7H2. The lowest BCUT2D eigenvalue weighted by molar-refractivity contribution is -0.160. The summed E-state index contributed by atoms with van der Waals surface area (Å²) in [5, 5.41) is 3.89. The van der Waals surface area contributed by atoms with E-state index in [2.05, 4.69) is 15.9 Å². The Morgan fingerprint density at radius 1 is 1.47 bits per heavy atom. The maximum Gasteiger partial charge on any atom is 0.406 e. The van der Waals surface area contributed by atoms with Crippen LogP contribution in [0, 0.1) is 0 Å². The van der Waals surface area contributed by atoms with Gasteiger partial charge in [-0.3, -0.25) is 4.79 Å². The summed E-state index contributed by atoms with van der Waals surface area (Å²) >= 11 is 4.46. The Morgan fingerprint density at radius 2 is 2.18 bits per heavy atom. The molecule has 0 saturated carbocycles. The lowest BCUT2D eigenvalue weighted by atomic mass is 10.2. The lowest BCUT2D eigenvalue weighted by Crippen LogP contribution is -2.40. The fraction of sp³-hybridized carbons (Fsp3) is 0.500. The van der Waals surface area contributed by atoms with Gasteiger partial charge in [0.1, 0.15) is 6.54 Å². The van der Waals surface area contributed by atoms with Crippen LogP contribution in [0.4, 0.5) is 13.2 Å². The number of carbonyl (C=O) groups is 1. The number of thiophene rings is 1. The third kappa shape index (κ3) is 5.54. The van der Waals surface area contributed by atoms with E-state index in [9.17, 15) is 18.0 Å². The zero-order valence-corrected chi connectivity index (χ0v) is 11.2. The van der Waals surface area contributed by atoms with Crippen molar-refractivity contribution in [3.63, 3.8) is 0 Å². The van der Waals surface area contributed by atoms with E-state index in [1.165, 1.54) is 11.3 Å². The zero-order valence-electron chi connectivity index (χ0n) is 8.84. The average molecular weight is 330 g/mol. The van der Waals surface area contributed by atoms with E-state index < -0.39 is 18.6 Å². The first-order chi connectivity index (χ1) is 7.92. The van der Waals surface area contributed by atoms with Crippen molar-refractivity contribution < 1.29 is 18.0 Å². The van der Waals surface area contributed by atoms with Crippen LogP contribution in [0.5, 0.6) is 0 Å². The average Bonchev–Trinajstić information content (AvgIpc) is 2.67. The number of halogens is 4. The first-order valence-electron chi connectivity index (χ1n) is 4.84. The van der Waals surface area contributed by atoms with Crippen molar-refractivity contribution in [3.05, 3.63) is 22.4 Å². The van der Waals surface area contributed by atoms with Gasteiger partial charge in [0.25, 0.3) is 0 Å². The van der Waals surface area contributed by atoms with Crippen LogP contribution in [0.1, 0.15) is 5.56 Å². The van der Waals surface area contributed by atoms with E-state index in [0.717, 1.165) is 10.5 Å². The molecule has 0 aromatic carbocycles. The van der Waals surface area contributed by atoms with Crippen LogP contribution in [-0.4, -0.2) is 35.4 Å². The molecule has 1 aromatic heterocycles. The van der Waals surface area contributed by atoms with Crippen LogP contribution in [0.3, 0.4) is 0 Å². The minimum Gasteiger partial charge on any atom is -0.332 e. The molecule has 0 spiro atoms. The van der Waals surface area contributed by atoms with Gasteiger partial charge in [-0.1, -0.05) is 15.9 Å². The summed E-state index contributed by atoms with van der Waals surface area (Å²) in [7, 11) is 0. The predicted octanol–water partition coefficient (Wildman–Crippen LogP) is 3.08. The number of nitrogens with zero attached hydrogens (tertiary/aromatic N) is 1. The second-order valence-electron chi connectivity index (χ2n) is 3.43. The fourth-order valence-electron chi connectivity index (χ4n) is 1.29. The summed E-state index contributed by atoms with van der Waals surface area (Å²) in [5.41, 5.74) is 0.752. The highest BCUT2D eigenvalue weighted by molar-refractivity contribution is 9.09. The Morgan fingerprint density at radius 3 is 2.65 bits per heavy atom. The van der Waals surface area contributed by atoms with Gasteiger partial charge in [0.15, 0.2) is 0 Å². The van der Waals surface area contributed by atoms with Gasteiger partial charge in [-0.15, -0.1) is 0 Å². The molecular weight excluding hydrogens is 319 g/mol. The molecule has 0 atom stereocenters. The minimum absolute atomic E-state index is 0.0204. The molecule has 0 N–H and O–H groups in total. The van der Waals surface area contributed by atoms with Crippen molar-refractivity contribution in [2.75, 3.05) is 18.4 Å². The quantitative estimate of drug-likeness (QED) is 0.760. The van der Waals surface area contributed by atoms with E-state index >= 15 is 0 Å². The van der Waals surface area contributed by atoms with Crippen molar-refractivity contribution in [2.45, 2.75) is 12.6 Å². The normalized spacial score (nSPS) is 11.5. The van der Waals surface area contributed by atoms with Gasteiger partial charge in [-0.05, 0) is 22.4 Å². The van der Waals surface area contributed by atoms with Crippen LogP contribution in [-0.2, 0) is 11.2 Å². The van der Waals surface area contributed by atoms with Crippen LogP contribution in [0.25, 0.3) is 0 Å². The van der Waals surface area contributed by atoms with Crippen LogP contribution in [0.15, 0.2) is 16.8 Å². The Hall–Kier alpha value is -0.560. The van der Waals surface area contributed by atoms with E-state index in [0.29, 0.717) is 5.33 Å². The van der Waals surface area contributed by atoms with Crippen molar-refractivity contribution in [3.8, 4) is 0 Å². The second-order valence-corrected chi connectivity index (χ2v) is 5.00. The lowest BCUT2D eigenvalue weighted by Gasteiger charge is -2.22. The van der Waals surface area contributed by atoms with E-state index in [-0.39, 0.29) is 13.0 Å². The Labute approximate surface area is 110 Å². The third-order valence-corrected chi connectivity index (χ3v) is 3.10. The van der Waals surface area contributed by atoms with Crippen molar-refractivity contribution in [1.82, 2.24) is 4.90 Å². The zero-order chi connectivity index (χ0) is 12.9. The Kier molecular flexibility index (Phi) is 5.45. The molecule has 0 aliphatic rings. The smallest absolute Gasteiger partial charge is 0.332 e. The first kappa shape index (κ1) is 14.5. The van der Waals surface area contributed by atoms with Gasteiger partial charge < -0.3 is 4.90 Å². The van der Waals surface area contributed by atoms with Crippen LogP contribution in [0.2, 0.25) is 0 Å². The van der Waals surface area contributed by atoms with Gasteiger partial charge in [-0.25, -0.2) is 0 Å². The molecule has 0 fully saturated rings. The maximum absolute atomic E-state index is 12.3. The summed E-state index contributed by atoms with van der Waals surface area (Å²) in [6.07, 6.45) is -4.33. The van der Waals surface area contributed by atoms with Crippen molar-refractivity contribution in [1.29, 1.82) is 0 Å². The number of hydrogen-bond donors (Lipinski definition) is 0. The highest BCUT2D eigenvalue weighted by Gasteiger charge is 2.32. The minimum atomic E-state index is -4.35. The van der Waals surface area contributed by atoms with Crippen LogP contribution >= 0.6 is 27.3 Å². The molecule has 1 aromatic rings. The monoisotopic (exact) mass is 329 g/mol. The molecule has 1 heterocycles. The fourth-order valence-corrected chi connectivity index (χ4v) is 2.39. The van der Waals surface area contributed by atoms with Crippen molar-refractivity contribution in [2.24, 2.45) is 0 Å². The summed E-state index contributed by atoms with van der Waals surface area (Å²) in [6.45, 7) is -1.13. The van der Waals surface area contributed by atoms with E-state index in [4.69, 9.17) is 0 Å². The topological polar surface area (TPSA) is 20.3 Å². The molecule has 0 aliphatic heterocycles. The van der Waals surface area contributed by atoms with Gasteiger partial charge in [0.2, 0.25) is 5.91 Å². The molecule has 96 valence electrons. The molecule has 1 rings (SSSR count). The molecule has 7 heteroatoms. The molecule has 0 saturated heterocycles.